The van der Waals surface area contributed by atoms with Crippen molar-refractivity contribution in [2.24, 2.45) is 5.92 Å². The molecule has 1 aliphatic carbocycles. The maximum absolute atomic E-state index is 12.3. The Hall–Kier alpha value is -0.350. The van der Waals surface area contributed by atoms with Gasteiger partial charge in [-0.05, 0) is 43.2 Å². The topological polar surface area (TPSA) is 20.3 Å². The van der Waals surface area contributed by atoms with E-state index in [0.29, 0.717) is 5.92 Å². The Morgan fingerprint density at radius 2 is 2.41 bits per heavy atom. The molecule has 17 heavy (non-hydrogen) atoms. The number of carbonyl (C=O) groups excluding carboxylic acids is 1. The van der Waals surface area contributed by atoms with Gasteiger partial charge >= 0.3 is 0 Å². The van der Waals surface area contributed by atoms with E-state index in [-0.39, 0.29) is 5.91 Å². The van der Waals surface area contributed by atoms with E-state index in [9.17, 15) is 4.79 Å². The van der Waals surface area contributed by atoms with Crippen molar-refractivity contribution in [1.82, 2.24) is 4.90 Å². The molecule has 1 fully saturated rings. The van der Waals surface area contributed by atoms with Gasteiger partial charge in [-0.2, -0.15) is 0 Å². The summed E-state index contributed by atoms with van der Waals surface area (Å²) in [6.45, 7) is 1.85. The molecule has 92 valence electrons. The molecule has 4 heteroatoms. The van der Waals surface area contributed by atoms with Crippen molar-refractivity contribution >= 4 is 33.2 Å². The van der Waals surface area contributed by atoms with Gasteiger partial charge in [-0.25, -0.2) is 0 Å². The van der Waals surface area contributed by atoms with Crippen LogP contribution in [0.4, 0.5) is 0 Å². The van der Waals surface area contributed by atoms with Crippen LogP contribution in [-0.4, -0.2) is 29.2 Å². The van der Waals surface area contributed by atoms with E-state index in [0.717, 1.165) is 29.7 Å². The van der Waals surface area contributed by atoms with Gasteiger partial charge in [-0.15, -0.1) is 11.3 Å². The van der Waals surface area contributed by atoms with E-state index in [4.69, 9.17) is 0 Å². The first-order chi connectivity index (χ1) is 8.28. The van der Waals surface area contributed by atoms with Crippen molar-refractivity contribution in [3.8, 4) is 0 Å². The van der Waals surface area contributed by atoms with Crippen LogP contribution in [0.25, 0.3) is 0 Å². The summed E-state index contributed by atoms with van der Waals surface area (Å²) in [5.74, 6) is 0.901. The van der Waals surface area contributed by atoms with Crippen LogP contribution in [0, 0.1) is 5.92 Å². The SMILES string of the molecule is O=C(c1cc2c(s1)CCC2)N1CCC(CBr)C1. The quantitative estimate of drug-likeness (QED) is 0.768. The summed E-state index contributed by atoms with van der Waals surface area (Å²) in [7, 11) is 0. The minimum Gasteiger partial charge on any atom is -0.338 e. The number of hydrogen-bond acceptors (Lipinski definition) is 2. The van der Waals surface area contributed by atoms with Crippen molar-refractivity contribution in [3.63, 3.8) is 0 Å². The number of aryl methyl sites for hydroxylation is 2. The van der Waals surface area contributed by atoms with Gasteiger partial charge in [0.1, 0.15) is 0 Å². The van der Waals surface area contributed by atoms with Gasteiger partial charge in [-0.1, -0.05) is 15.9 Å². The largest absolute Gasteiger partial charge is 0.338 e. The molecule has 2 aliphatic rings. The lowest BCUT2D eigenvalue weighted by molar-refractivity contribution is 0.0793. The van der Waals surface area contributed by atoms with Gasteiger partial charge in [0.25, 0.3) is 5.91 Å². The monoisotopic (exact) mass is 313 g/mol. The zero-order valence-corrected chi connectivity index (χ0v) is 12.1. The van der Waals surface area contributed by atoms with E-state index < -0.39 is 0 Å². The van der Waals surface area contributed by atoms with Crippen LogP contribution in [-0.2, 0) is 12.8 Å². The van der Waals surface area contributed by atoms with Crippen LogP contribution in [0.2, 0.25) is 0 Å². The second-order valence-electron chi connectivity index (χ2n) is 4.97. The zero-order chi connectivity index (χ0) is 11.8. The predicted molar refractivity (Wildman–Crippen MR) is 74.1 cm³/mol. The lowest BCUT2D eigenvalue weighted by Crippen LogP contribution is -2.28. The fraction of sp³-hybridized carbons (Fsp3) is 0.615. The maximum atomic E-state index is 12.3. The lowest BCUT2D eigenvalue weighted by atomic mass is 10.2. The molecule has 2 nitrogen and oxygen atoms in total. The first kappa shape index (κ1) is 11.7. The molecule has 2 heterocycles. The van der Waals surface area contributed by atoms with Crippen molar-refractivity contribution < 1.29 is 4.79 Å². The van der Waals surface area contributed by atoms with Gasteiger partial charge < -0.3 is 4.90 Å². The molecule has 3 rings (SSSR count). The Bertz CT molecular complexity index is 421. The van der Waals surface area contributed by atoms with Gasteiger partial charge in [0.15, 0.2) is 0 Å². The zero-order valence-electron chi connectivity index (χ0n) is 9.75. The van der Waals surface area contributed by atoms with Crippen molar-refractivity contribution in [2.75, 3.05) is 18.4 Å². The smallest absolute Gasteiger partial charge is 0.263 e. The van der Waals surface area contributed by atoms with Gasteiger partial charge in [-0.3, -0.25) is 4.79 Å². The average molecular weight is 314 g/mol. The van der Waals surface area contributed by atoms with E-state index in [2.05, 4.69) is 22.0 Å². The van der Waals surface area contributed by atoms with Crippen molar-refractivity contribution in [3.05, 3.63) is 21.4 Å². The Balaban J connectivity index is 1.73. The third-order valence-electron chi connectivity index (χ3n) is 3.75. The third-order valence-corrected chi connectivity index (χ3v) is 5.89. The first-order valence-electron chi connectivity index (χ1n) is 6.24. The molecular formula is C13H16BrNOS. The number of rotatable bonds is 2. The van der Waals surface area contributed by atoms with E-state index in [1.54, 1.807) is 11.3 Å². The number of thiophene rings is 1. The summed E-state index contributed by atoms with van der Waals surface area (Å²) >= 11 is 5.23. The summed E-state index contributed by atoms with van der Waals surface area (Å²) in [5.41, 5.74) is 1.43. The van der Waals surface area contributed by atoms with E-state index >= 15 is 0 Å². The molecule has 1 aromatic rings. The Morgan fingerprint density at radius 1 is 1.53 bits per heavy atom. The van der Waals surface area contributed by atoms with Crippen molar-refractivity contribution in [1.29, 1.82) is 0 Å². The molecule has 0 aromatic carbocycles. The number of likely N-dealkylation sites (tertiary alicyclic amines) is 1. The molecule has 1 amide bonds. The second kappa shape index (κ2) is 4.73. The lowest BCUT2D eigenvalue weighted by Gasteiger charge is -2.14. The van der Waals surface area contributed by atoms with Crippen LogP contribution >= 0.6 is 27.3 Å². The van der Waals surface area contributed by atoms with Crippen LogP contribution in [0.1, 0.15) is 33.0 Å². The van der Waals surface area contributed by atoms with E-state index in [1.165, 1.54) is 29.7 Å². The maximum Gasteiger partial charge on any atom is 0.263 e. The van der Waals surface area contributed by atoms with Crippen LogP contribution in [0.15, 0.2) is 6.07 Å². The highest BCUT2D eigenvalue weighted by atomic mass is 79.9. The van der Waals surface area contributed by atoms with Gasteiger partial charge in [0, 0.05) is 23.3 Å². The third kappa shape index (κ3) is 2.17. The fourth-order valence-corrected chi connectivity index (χ4v) is 4.48. The number of hydrogen-bond donors (Lipinski definition) is 0. The molecule has 1 atom stereocenters. The first-order valence-corrected chi connectivity index (χ1v) is 8.18. The normalized spacial score (nSPS) is 23.1. The highest BCUT2D eigenvalue weighted by Crippen LogP contribution is 2.32. The Labute approximate surface area is 114 Å². The van der Waals surface area contributed by atoms with Crippen molar-refractivity contribution in [2.45, 2.75) is 25.7 Å². The Morgan fingerprint density at radius 3 is 3.12 bits per heavy atom. The minimum atomic E-state index is 0.257. The number of halogens is 1. The molecule has 0 radical (unpaired) electrons. The second-order valence-corrected chi connectivity index (χ2v) is 6.76. The summed E-state index contributed by atoms with van der Waals surface area (Å²) in [4.78, 5) is 16.8. The molecule has 0 bridgehead atoms. The molecule has 1 aromatic heterocycles. The van der Waals surface area contributed by atoms with Crippen LogP contribution < -0.4 is 0 Å². The molecular weight excluding hydrogens is 298 g/mol. The summed E-state index contributed by atoms with van der Waals surface area (Å²) < 4.78 is 0. The number of alkyl halides is 1. The minimum absolute atomic E-state index is 0.257. The molecule has 1 unspecified atom stereocenters. The number of amides is 1. The molecule has 1 aliphatic heterocycles. The van der Waals surface area contributed by atoms with Gasteiger partial charge in [0.2, 0.25) is 0 Å². The standard InChI is InChI=1S/C13H16BrNOS/c14-7-9-4-5-15(8-9)13(16)12-6-10-2-1-3-11(10)17-12/h6,9H,1-5,7-8H2. The summed E-state index contributed by atoms with van der Waals surface area (Å²) in [5, 5.41) is 1.01. The molecule has 1 saturated heterocycles. The number of nitrogens with zero attached hydrogens (tertiary/aromatic N) is 1. The van der Waals surface area contributed by atoms with Crippen LogP contribution in [0.3, 0.4) is 0 Å². The van der Waals surface area contributed by atoms with E-state index in [1.807, 2.05) is 4.90 Å². The molecule has 0 N–H and O–H groups in total. The molecule has 0 saturated carbocycles. The van der Waals surface area contributed by atoms with Gasteiger partial charge in [0.05, 0.1) is 4.88 Å². The predicted octanol–water partition coefficient (Wildman–Crippen LogP) is 3.09. The highest BCUT2D eigenvalue weighted by Gasteiger charge is 2.28. The fourth-order valence-electron chi connectivity index (χ4n) is 2.73. The number of fused-ring (bicyclic) bond motifs is 1. The summed E-state index contributed by atoms with van der Waals surface area (Å²) in [6, 6.07) is 2.14. The average Bonchev–Trinajstić information content (AvgIpc) is 3.02. The van der Waals surface area contributed by atoms with Crippen LogP contribution in [0.5, 0.6) is 0 Å². The highest BCUT2D eigenvalue weighted by molar-refractivity contribution is 9.09. The molecule has 0 spiro atoms. The Kier molecular flexibility index (Phi) is 3.26. The number of carbonyl (C=O) groups is 1. The summed E-state index contributed by atoms with van der Waals surface area (Å²) in [6.07, 6.45) is 4.76.